The van der Waals surface area contributed by atoms with Crippen LogP contribution >= 0.6 is 22.6 Å². The summed E-state index contributed by atoms with van der Waals surface area (Å²) in [5.74, 6) is 0.422. The maximum absolute atomic E-state index is 11.9. The van der Waals surface area contributed by atoms with Crippen LogP contribution in [-0.4, -0.2) is 18.7 Å². The molecule has 0 radical (unpaired) electrons. The van der Waals surface area contributed by atoms with Gasteiger partial charge in [0.1, 0.15) is 5.75 Å². The fourth-order valence-electron chi connectivity index (χ4n) is 2.22. The Labute approximate surface area is 162 Å². The molecule has 0 fully saturated rings. The van der Waals surface area contributed by atoms with E-state index in [1.807, 2.05) is 43.3 Å². The van der Waals surface area contributed by atoms with Gasteiger partial charge in [-0.1, -0.05) is 45.0 Å². The number of rotatable bonds is 5. The van der Waals surface area contributed by atoms with Gasteiger partial charge in [-0.3, -0.25) is 4.79 Å². The number of amides is 1. The number of hydrogen-bond donors (Lipinski definition) is 1. The van der Waals surface area contributed by atoms with Crippen molar-refractivity contribution in [1.29, 1.82) is 0 Å². The largest absolute Gasteiger partial charge is 0.483 e. The lowest BCUT2D eigenvalue weighted by molar-refractivity contribution is -0.123. The summed E-state index contributed by atoms with van der Waals surface area (Å²) in [7, 11) is 0. The number of benzene rings is 2. The highest BCUT2D eigenvalue weighted by atomic mass is 127. The Morgan fingerprint density at radius 1 is 1.24 bits per heavy atom. The van der Waals surface area contributed by atoms with Gasteiger partial charge in [0.15, 0.2) is 6.61 Å². The molecule has 0 saturated carbocycles. The van der Waals surface area contributed by atoms with Crippen molar-refractivity contribution in [2.75, 3.05) is 6.61 Å². The molecule has 2 rings (SSSR count). The molecule has 0 heterocycles. The SMILES string of the molecule is Cc1cc(C(C)(C)C)ccc1OCC(=O)N/N=C/c1cccc(I)c1. The van der Waals surface area contributed by atoms with Gasteiger partial charge in [-0.2, -0.15) is 5.10 Å². The second kappa shape index (κ2) is 8.47. The van der Waals surface area contributed by atoms with Crippen LogP contribution in [0, 0.1) is 10.5 Å². The molecule has 0 saturated heterocycles. The first-order chi connectivity index (χ1) is 11.8. The van der Waals surface area contributed by atoms with E-state index in [0.29, 0.717) is 5.75 Å². The van der Waals surface area contributed by atoms with E-state index in [1.54, 1.807) is 6.21 Å². The first-order valence-electron chi connectivity index (χ1n) is 8.07. The maximum atomic E-state index is 11.9. The van der Waals surface area contributed by atoms with Crippen molar-refractivity contribution < 1.29 is 9.53 Å². The van der Waals surface area contributed by atoms with E-state index in [9.17, 15) is 4.79 Å². The number of carbonyl (C=O) groups is 1. The zero-order valence-electron chi connectivity index (χ0n) is 15.0. The van der Waals surface area contributed by atoms with Crippen molar-refractivity contribution in [3.63, 3.8) is 0 Å². The molecule has 1 amide bonds. The molecule has 0 aliphatic rings. The van der Waals surface area contributed by atoms with E-state index in [1.165, 1.54) is 5.56 Å². The van der Waals surface area contributed by atoms with Gasteiger partial charge in [0, 0.05) is 3.57 Å². The Bertz CT molecular complexity index is 780. The Balaban J connectivity index is 1.88. The van der Waals surface area contributed by atoms with Gasteiger partial charge >= 0.3 is 0 Å². The van der Waals surface area contributed by atoms with Crippen LogP contribution in [0.25, 0.3) is 0 Å². The molecule has 25 heavy (non-hydrogen) atoms. The van der Waals surface area contributed by atoms with Crippen LogP contribution in [-0.2, 0) is 10.2 Å². The Hall–Kier alpha value is -1.89. The normalized spacial score (nSPS) is 11.6. The summed E-state index contributed by atoms with van der Waals surface area (Å²) in [5, 5.41) is 3.96. The minimum absolute atomic E-state index is 0.0701. The monoisotopic (exact) mass is 450 g/mol. The van der Waals surface area contributed by atoms with Crippen LogP contribution in [0.1, 0.15) is 37.5 Å². The Morgan fingerprint density at radius 2 is 2.00 bits per heavy atom. The van der Waals surface area contributed by atoms with Crippen molar-refractivity contribution in [2.24, 2.45) is 5.10 Å². The van der Waals surface area contributed by atoms with Gasteiger partial charge < -0.3 is 4.74 Å². The standard InChI is InChI=1S/C20H23IN2O2/c1-14-10-16(20(2,3)4)8-9-18(14)25-13-19(24)23-22-12-15-6-5-7-17(21)11-15/h5-12H,13H2,1-4H3,(H,23,24)/b22-12+. The molecule has 0 aliphatic carbocycles. The van der Waals surface area contributed by atoms with Crippen LogP contribution in [0.3, 0.4) is 0 Å². The lowest BCUT2D eigenvalue weighted by atomic mass is 9.86. The summed E-state index contributed by atoms with van der Waals surface area (Å²) in [5.41, 5.74) is 5.76. The van der Waals surface area contributed by atoms with Gasteiger partial charge in [-0.15, -0.1) is 0 Å². The van der Waals surface area contributed by atoms with Crippen molar-refractivity contribution >= 4 is 34.7 Å². The van der Waals surface area contributed by atoms with E-state index < -0.39 is 0 Å². The molecule has 5 heteroatoms. The quantitative estimate of drug-likeness (QED) is 0.417. The highest BCUT2D eigenvalue weighted by Crippen LogP contribution is 2.27. The fourth-order valence-corrected chi connectivity index (χ4v) is 2.79. The number of hydrazone groups is 1. The second-order valence-electron chi connectivity index (χ2n) is 6.87. The van der Waals surface area contributed by atoms with Gasteiger partial charge in [-0.25, -0.2) is 5.43 Å². The average molecular weight is 450 g/mol. The Morgan fingerprint density at radius 3 is 2.64 bits per heavy atom. The van der Waals surface area contributed by atoms with Crippen molar-refractivity contribution in [2.45, 2.75) is 33.1 Å². The van der Waals surface area contributed by atoms with Crippen LogP contribution in [0.5, 0.6) is 5.75 Å². The van der Waals surface area contributed by atoms with E-state index in [0.717, 1.165) is 14.7 Å². The third-order valence-electron chi connectivity index (χ3n) is 3.65. The summed E-state index contributed by atoms with van der Waals surface area (Å²) < 4.78 is 6.72. The highest BCUT2D eigenvalue weighted by molar-refractivity contribution is 14.1. The minimum atomic E-state index is -0.291. The van der Waals surface area contributed by atoms with E-state index >= 15 is 0 Å². The molecule has 4 nitrogen and oxygen atoms in total. The average Bonchev–Trinajstić information content (AvgIpc) is 2.53. The molecule has 1 N–H and O–H groups in total. The maximum Gasteiger partial charge on any atom is 0.277 e. The lowest BCUT2D eigenvalue weighted by Crippen LogP contribution is -2.24. The highest BCUT2D eigenvalue weighted by Gasteiger charge is 2.15. The Kier molecular flexibility index (Phi) is 6.58. The number of nitrogens with one attached hydrogen (secondary N) is 1. The second-order valence-corrected chi connectivity index (χ2v) is 8.11. The number of halogens is 1. The van der Waals surface area contributed by atoms with Crippen molar-refractivity contribution in [3.8, 4) is 5.75 Å². The molecule has 0 unspecified atom stereocenters. The lowest BCUT2D eigenvalue weighted by Gasteiger charge is -2.20. The summed E-state index contributed by atoms with van der Waals surface area (Å²) in [6.45, 7) is 8.42. The number of nitrogens with zero attached hydrogens (tertiary/aromatic N) is 1. The van der Waals surface area contributed by atoms with Gasteiger partial charge in [-0.05, 0) is 69.8 Å². The first-order valence-corrected chi connectivity index (χ1v) is 9.15. The summed E-state index contributed by atoms with van der Waals surface area (Å²) in [6.07, 6.45) is 1.61. The van der Waals surface area contributed by atoms with Crippen molar-refractivity contribution in [3.05, 3.63) is 62.7 Å². The number of hydrogen-bond acceptors (Lipinski definition) is 3. The minimum Gasteiger partial charge on any atom is -0.483 e. The molecular formula is C20H23IN2O2. The van der Waals surface area contributed by atoms with Crippen LogP contribution < -0.4 is 10.2 Å². The van der Waals surface area contributed by atoms with Gasteiger partial charge in [0.05, 0.1) is 6.21 Å². The van der Waals surface area contributed by atoms with Gasteiger partial charge in [0.2, 0.25) is 0 Å². The molecule has 0 bridgehead atoms. The summed E-state index contributed by atoms with van der Waals surface area (Å²) >= 11 is 2.23. The predicted octanol–water partition coefficient (Wildman–Crippen LogP) is 4.43. The number of ether oxygens (including phenoxy) is 1. The number of aryl methyl sites for hydroxylation is 1. The number of carbonyl (C=O) groups excluding carboxylic acids is 1. The third-order valence-corrected chi connectivity index (χ3v) is 4.32. The summed E-state index contributed by atoms with van der Waals surface area (Å²) in [4.78, 5) is 11.9. The molecule has 2 aromatic rings. The molecule has 0 aliphatic heterocycles. The van der Waals surface area contributed by atoms with Crippen molar-refractivity contribution in [1.82, 2.24) is 5.43 Å². The first kappa shape index (κ1) is 19.4. The molecule has 0 aromatic heterocycles. The molecule has 0 atom stereocenters. The van der Waals surface area contributed by atoms with E-state index in [2.05, 4.69) is 60.0 Å². The van der Waals surface area contributed by atoms with Crippen LogP contribution in [0.15, 0.2) is 47.6 Å². The smallest absolute Gasteiger partial charge is 0.277 e. The van der Waals surface area contributed by atoms with Crippen LogP contribution in [0.2, 0.25) is 0 Å². The molecule has 0 spiro atoms. The molecule has 2 aromatic carbocycles. The van der Waals surface area contributed by atoms with E-state index in [4.69, 9.17) is 4.74 Å². The molecule has 132 valence electrons. The zero-order valence-corrected chi connectivity index (χ0v) is 17.1. The van der Waals surface area contributed by atoms with E-state index in [-0.39, 0.29) is 17.9 Å². The zero-order chi connectivity index (χ0) is 18.4. The topological polar surface area (TPSA) is 50.7 Å². The third kappa shape index (κ3) is 6.16. The van der Waals surface area contributed by atoms with Crippen LogP contribution in [0.4, 0.5) is 0 Å². The fraction of sp³-hybridized carbons (Fsp3) is 0.300. The molecular weight excluding hydrogens is 427 g/mol. The summed E-state index contributed by atoms with van der Waals surface area (Å²) in [6, 6.07) is 13.9. The predicted molar refractivity (Wildman–Crippen MR) is 110 cm³/mol. The van der Waals surface area contributed by atoms with Gasteiger partial charge in [0.25, 0.3) is 5.91 Å².